The van der Waals surface area contributed by atoms with Gasteiger partial charge in [-0.05, 0) is 67.3 Å². The van der Waals surface area contributed by atoms with Crippen LogP contribution in [0.2, 0.25) is 0 Å². The van der Waals surface area contributed by atoms with Gasteiger partial charge in [-0.1, -0.05) is 72.6 Å². The molecule has 12 nitrogen and oxygen atoms in total. The Morgan fingerprint density at radius 3 is 2.35 bits per heavy atom. The highest BCUT2D eigenvalue weighted by Crippen LogP contribution is 2.38. The van der Waals surface area contributed by atoms with Crippen LogP contribution in [0.1, 0.15) is 53.5 Å². The zero-order valence-corrected chi connectivity index (χ0v) is 30.7. The van der Waals surface area contributed by atoms with E-state index < -0.39 is 49.5 Å². The predicted molar refractivity (Wildman–Crippen MR) is 201 cm³/mol. The molecule has 2 aromatic heterocycles. The molecule has 0 fully saturated rings. The molecule has 0 aliphatic heterocycles. The summed E-state index contributed by atoms with van der Waals surface area (Å²) >= 11 is 1.17. The Kier molecular flexibility index (Phi) is 12.4. The van der Waals surface area contributed by atoms with Crippen LogP contribution >= 0.6 is 20.2 Å². The van der Waals surface area contributed by atoms with Crippen molar-refractivity contribution in [2.45, 2.75) is 50.0 Å². The molecule has 0 bridgehead atoms. The maximum atomic E-state index is 13.9. The van der Waals surface area contributed by atoms with Gasteiger partial charge in [0.1, 0.15) is 12.0 Å². The van der Waals surface area contributed by atoms with Crippen molar-refractivity contribution in [3.63, 3.8) is 0 Å². The summed E-state index contributed by atoms with van der Waals surface area (Å²) in [5.74, 6) is -4.40. The first-order valence-electron chi connectivity index (χ1n) is 16.7. The summed E-state index contributed by atoms with van der Waals surface area (Å²) in [6.45, 7) is 5.65. The van der Waals surface area contributed by atoms with Crippen LogP contribution < -0.4 is 10.7 Å². The van der Waals surface area contributed by atoms with Gasteiger partial charge in [0.15, 0.2) is 0 Å². The number of aliphatic carboxylic acids is 1. The smallest absolute Gasteiger partial charge is 0.361 e. The van der Waals surface area contributed by atoms with Gasteiger partial charge in [0.2, 0.25) is 5.91 Å². The van der Waals surface area contributed by atoms with Crippen LogP contribution in [-0.4, -0.2) is 67.4 Å². The zero-order valence-electron chi connectivity index (χ0n) is 28.9. The third kappa shape index (κ3) is 9.03. The largest absolute Gasteiger partial charge is 0.480 e. The molecule has 0 radical (unpaired) electrons. The molecule has 14 heteroatoms. The summed E-state index contributed by atoms with van der Waals surface area (Å²) in [6.07, 6.45) is 1.59. The van der Waals surface area contributed by atoms with Gasteiger partial charge >= 0.3 is 20.4 Å². The molecule has 0 saturated carbocycles. The van der Waals surface area contributed by atoms with E-state index in [0.29, 0.717) is 27.1 Å². The van der Waals surface area contributed by atoms with E-state index in [0.717, 1.165) is 10.9 Å². The van der Waals surface area contributed by atoms with Gasteiger partial charge < -0.3 is 20.3 Å². The van der Waals surface area contributed by atoms with Crippen molar-refractivity contribution in [3.8, 4) is 0 Å². The quantitative estimate of drug-likeness (QED) is 0.0530. The number of carboxylic acids is 1. The Labute approximate surface area is 306 Å². The molecule has 3 aromatic carbocycles. The van der Waals surface area contributed by atoms with Crippen molar-refractivity contribution >= 4 is 65.8 Å². The topological polar surface area (TPSA) is 177 Å². The third-order valence-electron chi connectivity index (χ3n) is 8.50. The number of aliphatic hydroxyl groups is 1. The van der Waals surface area contributed by atoms with Crippen LogP contribution in [0.15, 0.2) is 96.2 Å². The van der Waals surface area contributed by atoms with Gasteiger partial charge in [0.25, 0.3) is 11.2 Å². The number of ether oxygens (including phenoxy) is 1. The molecule has 0 saturated heterocycles. The lowest BCUT2D eigenvalue weighted by atomic mass is 9.90. The first-order valence-corrected chi connectivity index (χ1v) is 18.6. The zero-order chi connectivity index (χ0) is 37.4. The molecule has 4 atom stereocenters. The van der Waals surface area contributed by atoms with Crippen molar-refractivity contribution in [2.75, 3.05) is 17.8 Å². The van der Waals surface area contributed by atoms with Gasteiger partial charge in [-0.25, -0.2) is 14.6 Å². The van der Waals surface area contributed by atoms with E-state index in [-0.39, 0.29) is 36.7 Å². The maximum Gasteiger partial charge on any atom is 0.361 e. The Morgan fingerprint density at radius 2 is 1.65 bits per heavy atom. The number of nitrogens with zero attached hydrogens (tertiary/aromatic N) is 2. The molecule has 0 aliphatic rings. The van der Waals surface area contributed by atoms with Gasteiger partial charge in [-0.15, -0.1) is 0 Å². The Bertz CT molecular complexity index is 2100. The Balaban J connectivity index is 1.34. The summed E-state index contributed by atoms with van der Waals surface area (Å²) in [7, 11) is -1.27. The van der Waals surface area contributed by atoms with E-state index in [1.54, 1.807) is 43.5 Å². The molecule has 5 aromatic rings. The molecular formula is C38H40N4O8PS+. The minimum absolute atomic E-state index is 0.0892. The minimum Gasteiger partial charge on any atom is -0.480 e. The number of carboxylic acid groups (broad SMARTS) is 1. The minimum atomic E-state index is -1.97. The molecule has 0 aliphatic carbocycles. The number of thioether (sulfide) groups is 1. The Hall–Kier alpha value is -5.10. The van der Waals surface area contributed by atoms with Gasteiger partial charge in [0.05, 0.1) is 34.0 Å². The van der Waals surface area contributed by atoms with Gasteiger partial charge in [-0.3, -0.25) is 19.7 Å². The highest BCUT2D eigenvalue weighted by Gasteiger charge is 2.50. The predicted octanol–water partition coefficient (Wildman–Crippen LogP) is 6.03. The summed E-state index contributed by atoms with van der Waals surface area (Å²) in [6, 6.07) is 22.9. The molecule has 270 valence electrons. The number of hydrogen-bond donors (Lipinski definition) is 4. The van der Waals surface area contributed by atoms with Crippen molar-refractivity contribution < 1.29 is 38.7 Å². The second-order valence-electron chi connectivity index (χ2n) is 12.7. The summed E-state index contributed by atoms with van der Waals surface area (Å²) in [5, 5.41) is 24.7. The lowest BCUT2D eigenvalue weighted by molar-refractivity contribution is -0.143. The van der Waals surface area contributed by atoms with E-state index >= 15 is 0 Å². The Morgan fingerprint density at radius 1 is 0.962 bits per heavy atom. The number of nitrogens with one attached hydrogen (secondary N) is 2. The van der Waals surface area contributed by atoms with Crippen molar-refractivity contribution in [3.05, 3.63) is 108 Å². The van der Waals surface area contributed by atoms with Crippen LogP contribution in [0.25, 0.3) is 21.8 Å². The molecule has 52 heavy (non-hydrogen) atoms. The van der Waals surface area contributed by atoms with Crippen LogP contribution in [0.3, 0.4) is 0 Å². The fourth-order valence-electron chi connectivity index (χ4n) is 5.85. The van der Waals surface area contributed by atoms with Crippen molar-refractivity contribution in [1.29, 1.82) is 0 Å². The number of amides is 2. The number of rotatable bonds is 16. The van der Waals surface area contributed by atoms with E-state index in [2.05, 4.69) is 15.7 Å². The van der Waals surface area contributed by atoms with Gasteiger partial charge in [-0.2, -0.15) is 0 Å². The summed E-state index contributed by atoms with van der Waals surface area (Å²) in [4.78, 5) is 56.2. The van der Waals surface area contributed by atoms with E-state index in [1.165, 1.54) is 40.7 Å². The standard InChI is InChI=1S/C38H39N4O8PS/c1-4-50-37(47)26-15-13-25(14-16-26)34(43)41-42-21-27(28-10-6-8-12-32(28)42)20-31(36(45)46)40-35(44)29(19-23(2)3)38(48,51-49)22-52-33-18-17-24-9-5-7-11-30(24)39-33/h5-18,21,23,29,31,48H,4,19-20,22H2,1-3H3,(H,40,44)(H,41,43)(H,45,46)/p+1/t29?,31-,38?/m0/s1. The fraction of sp³-hybridized carbons (Fsp3) is 0.289. The highest BCUT2D eigenvalue weighted by atomic mass is 32.2. The molecule has 2 heterocycles. The monoisotopic (exact) mass is 743 g/mol. The maximum absolute atomic E-state index is 13.9. The number of benzene rings is 3. The molecule has 0 spiro atoms. The lowest BCUT2D eigenvalue weighted by Gasteiger charge is -2.27. The fourth-order valence-corrected chi connectivity index (χ4v) is 7.59. The lowest BCUT2D eigenvalue weighted by Crippen LogP contribution is -2.51. The molecule has 3 unspecified atom stereocenters. The van der Waals surface area contributed by atoms with E-state index in [4.69, 9.17) is 4.74 Å². The van der Waals surface area contributed by atoms with E-state index in [1.807, 2.05) is 44.2 Å². The number of para-hydroxylation sites is 2. The van der Waals surface area contributed by atoms with Crippen LogP contribution in [0.5, 0.6) is 0 Å². The van der Waals surface area contributed by atoms with Crippen LogP contribution in [0.4, 0.5) is 0 Å². The van der Waals surface area contributed by atoms with Crippen LogP contribution in [-0.2, 0) is 25.3 Å². The molecule has 4 N–H and O–H groups in total. The first-order chi connectivity index (χ1) is 24.9. The number of aromatic nitrogens is 2. The number of carbonyl (C=O) groups is 4. The number of esters is 1. The molecule has 2 amide bonds. The SMILES string of the molecule is CCOC(=O)c1ccc(C(=O)Nn2cc(C[C@H](NC(=O)C(CC(C)C)C(O)(CSc3ccc4ccccc4n3)[PH+]=O)C(=O)O)c3ccccc32)cc1. The average molecular weight is 744 g/mol. The molecular weight excluding hydrogens is 703 g/mol. The second-order valence-corrected chi connectivity index (χ2v) is 14.8. The first kappa shape index (κ1) is 38.1. The van der Waals surface area contributed by atoms with Crippen LogP contribution in [0, 0.1) is 11.8 Å². The molecule has 5 rings (SSSR count). The number of carbonyl (C=O) groups excluding carboxylic acids is 3. The van der Waals surface area contributed by atoms with Crippen molar-refractivity contribution in [1.82, 2.24) is 15.0 Å². The number of fused-ring (bicyclic) bond motifs is 2. The average Bonchev–Trinajstić information content (AvgIpc) is 3.48. The third-order valence-corrected chi connectivity index (χ3v) is 10.7. The normalized spacial score (nSPS) is 13.8. The van der Waals surface area contributed by atoms with Gasteiger partial charge in [0, 0.05) is 29.0 Å². The number of hydrogen-bond acceptors (Lipinski definition) is 9. The highest BCUT2D eigenvalue weighted by molar-refractivity contribution is 7.99. The summed E-state index contributed by atoms with van der Waals surface area (Å²) < 4.78 is 19.1. The second kappa shape index (κ2) is 16.9. The summed E-state index contributed by atoms with van der Waals surface area (Å²) in [5.41, 5.74) is 5.25. The van der Waals surface area contributed by atoms with Crippen molar-refractivity contribution in [2.24, 2.45) is 11.8 Å². The number of pyridine rings is 1. The van der Waals surface area contributed by atoms with E-state index in [9.17, 15) is 34.0 Å².